The van der Waals surface area contributed by atoms with Gasteiger partial charge in [0.05, 0.1) is 5.56 Å². The highest BCUT2D eigenvalue weighted by atomic mass is 31.0. The predicted octanol–water partition coefficient (Wildman–Crippen LogP) is 5.00. The Morgan fingerprint density at radius 3 is 2.00 bits per heavy atom. The zero-order valence-corrected chi connectivity index (χ0v) is 12.6. The summed E-state index contributed by atoms with van der Waals surface area (Å²) in [5, 5.41) is 8.18. The molecule has 2 aromatic rings. The number of nitrogens with one attached hydrogen (secondary N) is 1. The molecule has 0 heterocycles. The summed E-state index contributed by atoms with van der Waals surface area (Å²) in [5.41, 5.74) is 1.88. The van der Waals surface area contributed by atoms with Crippen LogP contribution >= 0.6 is 9.24 Å². The molecule has 2 aromatic carbocycles. The number of hydrogen-bond donors (Lipinski definition) is 1. The van der Waals surface area contributed by atoms with Crippen molar-refractivity contribution in [3.8, 4) is 0 Å². The largest absolute Gasteiger partial charge is 0.416 e. The fraction of sp³-hybridized carbons (Fsp3) is 0.188. The van der Waals surface area contributed by atoms with Crippen molar-refractivity contribution in [2.45, 2.75) is 18.8 Å². The van der Waals surface area contributed by atoms with Gasteiger partial charge >= 0.3 is 6.18 Å². The van der Waals surface area contributed by atoms with E-state index in [4.69, 9.17) is 5.41 Å². The molecule has 0 amide bonds. The summed E-state index contributed by atoms with van der Waals surface area (Å²) in [6.07, 6.45) is -4.33. The summed E-state index contributed by atoms with van der Waals surface area (Å²) in [5.74, 6) is 0. The SMILES string of the molecule is Cc1ccc(C(=N)C(P)c2ccc(C(F)(F)F)cc2)cc1. The molecule has 5 heteroatoms. The van der Waals surface area contributed by atoms with Crippen LogP contribution in [0.1, 0.15) is 27.9 Å². The van der Waals surface area contributed by atoms with Crippen LogP contribution in [0.25, 0.3) is 0 Å². The standard InChI is InChI=1S/C16H15F3NP/c1-10-2-4-11(5-3-10)14(20)15(21)12-6-8-13(9-7-12)16(17,18)19/h2-9,15,20H,21H2,1H3. The number of halogens is 3. The zero-order valence-electron chi connectivity index (χ0n) is 11.4. The van der Waals surface area contributed by atoms with E-state index in [1.807, 2.05) is 31.2 Å². The summed E-state index contributed by atoms with van der Waals surface area (Å²) in [6, 6.07) is 12.5. The van der Waals surface area contributed by atoms with Crippen LogP contribution in [0.3, 0.4) is 0 Å². The van der Waals surface area contributed by atoms with Gasteiger partial charge in [-0.2, -0.15) is 13.2 Å². The lowest BCUT2D eigenvalue weighted by Crippen LogP contribution is -2.09. The molecule has 0 aromatic heterocycles. The molecule has 2 atom stereocenters. The van der Waals surface area contributed by atoms with Gasteiger partial charge < -0.3 is 5.41 Å². The Morgan fingerprint density at radius 2 is 1.52 bits per heavy atom. The van der Waals surface area contributed by atoms with Crippen molar-refractivity contribution in [1.29, 1.82) is 5.41 Å². The predicted molar refractivity (Wildman–Crippen MR) is 81.9 cm³/mol. The van der Waals surface area contributed by atoms with E-state index < -0.39 is 11.7 Å². The molecule has 0 saturated heterocycles. The van der Waals surface area contributed by atoms with Crippen LogP contribution in [-0.4, -0.2) is 5.71 Å². The molecule has 2 rings (SSSR count). The molecule has 1 nitrogen and oxygen atoms in total. The van der Waals surface area contributed by atoms with E-state index >= 15 is 0 Å². The molecule has 0 fully saturated rings. The van der Waals surface area contributed by atoms with Gasteiger partial charge in [-0.1, -0.05) is 42.0 Å². The van der Waals surface area contributed by atoms with Crippen molar-refractivity contribution in [3.63, 3.8) is 0 Å². The quantitative estimate of drug-likeness (QED) is 0.609. The normalized spacial score (nSPS) is 13.0. The first-order chi connectivity index (χ1) is 9.79. The molecule has 0 aliphatic heterocycles. The number of benzene rings is 2. The highest BCUT2D eigenvalue weighted by Gasteiger charge is 2.30. The molecule has 0 aliphatic rings. The maximum absolute atomic E-state index is 12.5. The Hall–Kier alpha value is -1.67. The molecule has 110 valence electrons. The lowest BCUT2D eigenvalue weighted by molar-refractivity contribution is -0.137. The van der Waals surface area contributed by atoms with Crippen molar-refractivity contribution >= 4 is 15.0 Å². The molecule has 0 spiro atoms. The van der Waals surface area contributed by atoms with Gasteiger partial charge in [0.25, 0.3) is 0 Å². The van der Waals surface area contributed by atoms with E-state index in [0.717, 1.165) is 23.3 Å². The summed E-state index contributed by atoms with van der Waals surface area (Å²) in [7, 11) is 2.51. The van der Waals surface area contributed by atoms with E-state index in [1.54, 1.807) is 0 Å². The van der Waals surface area contributed by atoms with E-state index in [9.17, 15) is 13.2 Å². The molecule has 2 unspecified atom stereocenters. The number of aryl methyl sites for hydroxylation is 1. The second-order valence-electron chi connectivity index (χ2n) is 4.88. The topological polar surface area (TPSA) is 23.9 Å². The summed E-state index contributed by atoms with van der Waals surface area (Å²) in [6.45, 7) is 1.96. The van der Waals surface area contributed by atoms with Crippen LogP contribution in [0.4, 0.5) is 13.2 Å². The highest BCUT2D eigenvalue weighted by molar-refractivity contribution is 7.19. The Labute approximate surface area is 123 Å². The molecule has 1 N–H and O–H groups in total. The van der Waals surface area contributed by atoms with E-state index in [0.29, 0.717) is 11.3 Å². The molecule has 21 heavy (non-hydrogen) atoms. The lowest BCUT2D eigenvalue weighted by Gasteiger charge is -2.15. The smallest absolute Gasteiger partial charge is 0.304 e. The van der Waals surface area contributed by atoms with Crippen molar-refractivity contribution < 1.29 is 13.2 Å². The van der Waals surface area contributed by atoms with Gasteiger partial charge in [0.15, 0.2) is 0 Å². The molecular weight excluding hydrogens is 294 g/mol. The van der Waals surface area contributed by atoms with Crippen LogP contribution in [-0.2, 0) is 6.18 Å². The minimum atomic E-state index is -4.33. The maximum atomic E-state index is 12.5. The number of hydrogen-bond acceptors (Lipinski definition) is 1. The van der Waals surface area contributed by atoms with Crippen LogP contribution in [0.15, 0.2) is 48.5 Å². The maximum Gasteiger partial charge on any atom is 0.416 e. The molecule has 0 aliphatic carbocycles. The van der Waals surface area contributed by atoms with Gasteiger partial charge in [-0.05, 0) is 30.2 Å². The van der Waals surface area contributed by atoms with Gasteiger partial charge in [-0.25, -0.2) is 0 Å². The van der Waals surface area contributed by atoms with Crippen molar-refractivity contribution in [2.75, 3.05) is 0 Å². The van der Waals surface area contributed by atoms with Crippen LogP contribution in [0, 0.1) is 12.3 Å². The second kappa shape index (κ2) is 5.98. The third kappa shape index (κ3) is 3.70. The second-order valence-corrected chi connectivity index (χ2v) is 5.54. The summed E-state index contributed by atoms with van der Waals surface area (Å²) >= 11 is 0. The third-order valence-electron chi connectivity index (χ3n) is 3.27. The van der Waals surface area contributed by atoms with Crippen LogP contribution in [0.5, 0.6) is 0 Å². The third-order valence-corrected chi connectivity index (χ3v) is 3.99. The highest BCUT2D eigenvalue weighted by Crippen LogP contribution is 2.32. The summed E-state index contributed by atoms with van der Waals surface area (Å²) < 4.78 is 37.6. The minimum absolute atomic E-state index is 0.338. The minimum Gasteiger partial charge on any atom is -0.304 e. The Bertz CT molecular complexity index is 630. The zero-order chi connectivity index (χ0) is 15.6. The van der Waals surface area contributed by atoms with Gasteiger partial charge in [0, 0.05) is 11.4 Å². The Kier molecular flexibility index (Phi) is 4.48. The van der Waals surface area contributed by atoms with Gasteiger partial charge in [0.1, 0.15) is 0 Å². The lowest BCUT2D eigenvalue weighted by atomic mass is 10.00. The fourth-order valence-corrected chi connectivity index (χ4v) is 2.37. The first-order valence-electron chi connectivity index (χ1n) is 6.37. The Balaban J connectivity index is 2.21. The summed E-state index contributed by atoms with van der Waals surface area (Å²) in [4.78, 5) is 0. The first kappa shape index (κ1) is 15.7. The van der Waals surface area contributed by atoms with Gasteiger partial charge in [0.2, 0.25) is 0 Å². The Morgan fingerprint density at radius 1 is 1.00 bits per heavy atom. The van der Waals surface area contributed by atoms with Crippen LogP contribution in [0.2, 0.25) is 0 Å². The van der Waals surface area contributed by atoms with Crippen molar-refractivity contribution in [1.82, 2.24) is 0 Å². The fourth-order valence-electron chi connectivity index (χ4n) is 1.96. The van der Waals surface area contributed by atoms with E-state index in [2.05, 4.69) is 9.24 Å². The monoisotopic (exact) mass is 309 g/mol. The molecule has 0 radical (unpaired) electrons. The van der Waals surface area contributed by atoms with Gasteiger partial charge in [-0.3, -0.25) is 0 Å². The van der Waals surface area contributed by atoms with E-state index in [-0.39, 0.29) is 5.66 Å². The average molecular weight is 309 g/mol. The van der Waals surface area contributed by atoms with Gasteiger partial charge in [-0.15, -0.1) is 9.24 Å². The molecular formula is C16H15F3NP. The van der Waals surface area contributed by atoms with Crippen molar-refractivity contribution in [2.24, 2.45) is 0 Å². The number of rotatable bonds is 3. The van der Waals surface area contributed by atoms with Crippen LogP contribution < -0.4 is 0 Å². The van der Waals surface area contributed by atoms with Crippen molar-refractivity contribution in [3.05, 3.63) is 70.8 Å². The number of alkyl halides is 3. The molecule has 0 saturated carbocycles. The molecule has 0 bridgehead atoms. The average Bonchev–Trinajstić information content (AvgIpc) is 2.46. The first-order valence-corrected chi connectivity index (χ1v) is 7.04. The van der Waals surface area contributed by atoms with E-state index in [1.165, 1.54) is 12.1 Å².